The van der Waals surface area contributed by atoms with Crippen LogP contribution in [0.2, 0.25) is 0 Å². The van der Waals surface area contributed by atoms with E-state index in [1.807, 2.05) is 35.9 Å². The van der Waals surface area contributed by atoms with Crippen LogP contribution in [0.5, 0.6) is 0 Å². The number of nitriles is 1. The molecular formula is C18H22N4OS. The lowest BCUT2D eigenvalue weighted by molar-refractivity contribution is 0.102. The van der Waals surface area contributed by atoms with Gasteiger partial charge in [0.1, 0.15) is 0 Å². The minimum Gasteiger partial charge on any atom is -0.320 e. The molecule has 1 heterocycles. The van der Waals surface area contributed by atoms with E-state index in [4.69, 9.17) is 5.26 Å². The first-order valence-electron chi connectivity index (χ1n) is 7.80. The highest BCUT2D eigenvalue weighted by atomic mass is 32.2. The van der Waals surface area contributed by atoms with Crippen molar-refractivity contribution in [3.05, 3.63) is 41.7 Å². The number of thioether (sulfide) groups is 1. The van der Waals surface area contributed by atoms with Gasteiger partial charge in [-0.3, -0.25) is 9.48 Å². The summed E-state index contributed by atoms with van der Waals surface area (Å²) in [6.07, 6.45) is 0.474. The van der Waals surface area contributed by atoms with Crippen LogP contribution in [0.1, 0.15) is 43.4 Å². The summed E-state index contributed by atoms with van der Waals surface area (Å²) >= 11 is 1.56. The molecule has 5 nitrogen and oxygen atoms in total. The van der Waals surface area contributed by atoms with Crippen LogP contribution in [0.4, 0.5) is 5.69 Å². The number of aromatic nitrogens is 2. The molecule has 1 amide bonds. The lowest BCUT2D eigenvalue weighted by atomic mass is 10.1. The Balaban J connectivity index is 2.17. The zero-order valence-corrected chi connectivity index (χ0v) is 15.3. The molecule has 1 aromatic heterocycles. The largest absolute Gasteiger partial charge is 0.320 e. The lowest BCUT2D eigenvalue weighted by Crippen LogP contribution is -2.25. The van der Waals surface area contributed by atoms with E-state index in [9.17, 15) is 4.79 Å². The third-order valence-electron chi connectivity index (χ3n) is 3.36. The molecule has 0 aliphatic carbocycles. The Morgan fingerprint density at radius 3 is 2.71 bits per heavy atom. The second-order valence-corrected chi connectivity index (χ2v) is 7.60. The Morgan fingerprint density at radius 1 is 1.38 bits per heavy atom. The number of amides is 1. The second-order valence-electron chi connectivity index (χ2n) is 6.46. The zero-order valence-electron chi connectivity index (χ0n) is 14.5. The number of anilines is 1. The van der Waals surface area contributed by atoms with Gasteiger partial charge < -0.3 is 5.32 Å². The fraction of sp³-hybridized carbons (Fsp3) is 0.389. The van der Waals surface area contributed by atoms with Gasteiger partial charge in [0.2, 0.25) is 0 Å². The third kappa shape index (κ3) is 4.39. The molecule has 0 bridgehead atoms. The van der Waals surface area contributed by atoms with Crippen LogP contribution in [-0.4, -0.2) is 21.4 Å². The molecule has 0 saturated heterocycles. The molecule has 24 heavy (non-hydrogen) atoms. The molecule has 0 fully saturated rings. The van der Waals surface area contributed by atoms with Crippen molar-refractivity contribution in [3.8, 4) is 6.07 Å². The third-order valence-corrected chi connectivity index (χ3v) is 4.44. The molecule has 2 aromatic rings. The summed E-state index contributed by atoms with van der Waals surface area (Å²) in [6, 6.07) is 11.5. The Hall–Kier alpha value is -2.26. The number of carbonyl (C=O) groups excluding carboxylic acids is 1. The normalized spacial score (nSPS) is 11.1. The molecule has 0 spiro atoms. The number of para-hydroxylation sites is 1. The van der Waals surface area contributed by atoms with Crippen molar-refractivity contribution < 1.29 is 4.79 Å². The van der Waals surface area contributed by atoms with Crippen molar-refractivity contribution in [2.24, 2.45) is 0 Å². The maximum Gasteiger partial charge on any atom is 0.276 e. The summed E-state index contributed by atoms with van der Waals surface area (Å²) in [5, 5.41) is 16.0. The molecule has 0 aliphatic heterocycles. The van der Waals surface area contributed by atoms with E-state index in [1.54, 1.807) is 17.8 Å². The molecule has 6 heteroatoms. The molecule has 0 atom stereocenters. The number of nitrogens with zero attached hydrogens (tertiary/aromatic N) is 3. The van der Waals surface area contributed by atoms with E-state index in [2.05, 4.69) is 37.3 Å². The lowest BCUT2D eigenvalue weighted by Gasteiger charge is -2.21. The molecule has 0 radical (unpaired) electrons. The van der Waals surface area contributed by atoms with Gasteiger partial charge >= 0.3 is 0 Å². The fourth-order valence-electron chi connectivity index (χ4n) is 2.35. The van der Waals surface area contributed by atoms with Crippen LogP contribution in [0, 0.1) is 18.3 Å². The number of benzene rings is 1. The van der Waals surface area contributed by atoms with Crippen molar-refractivity contribution in [2.45, 2.75) is 44.6 Å². The monoisotopic (exact) mass is 342 g/mol. The highest BCUT2D eigenvalue weighted by Gasteiger charge is 2.20. The molecule has 0 unspecified atom stereocenters. The standard InChI is InChI=1S/C18H22N4OS/c1-13-12-15(21-22(13)18(2,3)4)17(23)20-14-8-5-6-9-16(14)24-11-7-10-19/h5-6,8-9,12H,7,11H2,1-4H3,(H,20,23). The molecule has 126 valence electrons. The molecule has 0 aliphatic rings. The quantitative estimate of drug-likeness (QED) is 0.653. The van der Waals surface area contributed by atoms with Gasteiger partial charge in [-0.2, -0.15) is 10.4 Å². The zero-order chi connectivity index (χ0) is 17.7. The van der Waals surface area contributed by atoms with Gasteiger partial charge in [0.05, 0.1) is 17.3 Å². The van der Waals surface area contributed by atoms with Gasteiger partial charge in [-0.05, 0) is 45.9 Å². The Bertz CT molecular complexity index is 768. The summed E-state index contributed by atoms with van der Waals surface area (Å²) in [4.78, 5) is 13.5. The van der Waals surface area contributed by atoms with Gasteiger partial charge in [0, 0.05) is 22.8 Å². The van der Waals surface area contributed by atoms with Crippen molar-refractivity contribution in [2.75, 3.05) is 11.1 Å². The minimum atomic E-state index is -0.227. The summed E-state index contributed by atoms with van der Waals surface area (Å²) < 4.78 is 1.86. The topological polar surface area (TPSA) is 70.7 Å². The van der Waals surface area contributed by atoms with Crippen molar-refractivity contribution in [3.63, 3.8) is 0 Å². The number of hydrogen-bond donors (Lipinski definition) is 1. The molecule has 1 aromatic carbocycles. The number of aryl methyl sites for hydroxylation is 1. The highest BCUT2D eigenvalue weighted by Crippen LogP contribution is 2.28. The van der Waals surface area contributed by atoms with Gasteiger partial charge in [-0.1, -0.05) is 12.1 Å². The number of hydrogen-bond acceptors (Lipinski definition) is 4. The molecule has 1 N–H and O–H groups in total. The van der Waals surface area contributed by atoms with Gasteiger partial charge in [-0.25, -0.2) is 0 Å². The Morgan fingerprint density at radius 2 is 2.08 bits per heavy atom. The summed E-state index contributed by atoms with van der Waals surface area (Å²) in [6.45, 7) is 8.10. The maximum atomic E-state index is 12.5. The second kappa shape index (κ2) is 7.54. The van der Waals surface area contributed by atoms with Gasteiger partial charge in [-0.15, -0.1) is 11.8 Å². The fourth-order valence-corrected chi connectivity index (χ4v) is 3.22. The van der Waals surface area contributed by atoms with Crippen LogP contribution in [-0.2, 0) is 5.54 Å². The van der Waals surface area contributed by atoms with Crippen LogP contribution < -0.4 is 5.32 Å². The van der Waals surface area contributed by atoms with E-state index >= 15 is 0 Å². The van der Waals surface area contributed by atoms with Gasteiger partial charge in [0.25, 0.3) is 5.91 Å². The summed E-state index contributed by atoms with van der Waals surface area (Å²) in [7, 11) is 0. The van der Waals surface area contributed by atoms with E-state index in [0.29, 0.717) is 17.9 Å². The number of carbonyl (C=O) groups is 1. The van der Waals surface area contributed by atoms with E-state index in [1.165, 1.54) is 0 Å². The smallest absolute Gasteiger partial charge is 0.276 e. The van der Waals surface area contributed by atoms with Gasteiger partial charge in [0.15, 0.2) is 5.69 Å². The van der Waals surface area contributed by atoms with Crippen LogP contribution in [0.25, 0.3) is 0 Å². The van der Waals surface area contributed by atoms with Crippen molar-refractivity contribution >= 4 is 23.4 Å². The van der Waals surface area contributed by atoms with E-state index < -0.39 is 0 Å². The average molecular weight is 342 g/mol. The minimum absolute atomic E-state index is 0.173. The predicted octanol–water partition coefficient (Wildman–Crippen LogP) is 4.20. The van der Waals surface area contributed by atoms with Crippen LogP contribution >= 0.6 is 11.8 Å². The Labute approximate surface area is 147 Å². The first kappa shape index (κ1) is 18.1. The van der Waals surface area contributed by atoms with Crippen molar-refractivity contribution in [1.82, 2.24) is 9.78 Å². The van der Waals surface area contributed by atoms with E-state index in [-0.39, 0.29) is 11.4 Å². The predicted molar refractivity (Wildman–Crippen MR) is 97.3 cm³/mol. The van der Waals surface area contributed by atoms with Crippen LogP contribution in [0.15, 0.2) is 35.2 Å². The maximum absolute atomic E-state index is 12.5. The molecule has 2 rings (SSSR count). The first-order chi connectivity index (χ1) is 11.3. The van der Waals surface area contributed by atoms with Crippen molar-refractivity contribution in [1.29, 1.82) is 5.26 Å². The number of nitrogens with one attached hydrogen (secondary N) is 1. The SMILES string of the molecule is Cc1cc(C(=O)Nc2ccccc2SCCC#N)nn1C(C)(C)C. The van der Waals surface area contributed by atoms with Crippen LogP contribution in [0.3, 0.4) is 0 Å². The average Bonchev–Trinajstić information content (AvgIpc) is 2.91. The number of rotatable bonds is 5. The van der Waals surface area contributed by atoms with E-state index in [0.717, 1.165) is 16.3 Å². The molecule has 0 saturated carbocycles. The first-order valence-corrected chi connectivity index (χ1v) is 8.79. The Kier molecular flexibility index (Phi) is 5.68. The summed E-state index contributed by atoms with van der Waals surface area (Å²) in [5.74, 6) is 0.468. The highest BCUT2D eigenvalue weighted by molar-refractivity contribution is 7.99. The molecular weight excluding hydrogens is 320 g/mol. The summed E-state index contributed by atoms with van der Waals surface area (Å²) in [5.41, 5.74) is 1.92.